The van der Waals surface area contributed by atoms with Crippen molar-refractivity contribution in [2.75, 3.05) is 13.1 Å². The highest BCUT2D eigenvalue weighted by molar-refractivity contribution is 6.81. The molecule has 0 bridgehead atoms. The minimum Gasteiger partial charge on any atom is -0.392 e. The van der Waals surface area contributed by atoms with Crippen LogP contribution in [0.3, 0.4) is 0 Å². The van der Waals surface area contributed by atoms with Gasteiger partial charge in [0.15, 0.2) is 0 Å². The van der Waals surface area contributed by atoms with Gasteiger partial charge in [0, 0.05) is 6.54 Å². The van der Waals surface area contributed by atoms with E-state index < -0.39 is 8.24 Å². The van der Waals surface area contributed by atoms with Crippen LogP contribution < -0.4 is 0 Å². The monoisotopic (exact) mass is 243 g/mol. The van der Waals surface area contributed by atoms with E-state index in [1.165, 1.54) is 0 Å². The van der Waals surface area contributed by atoms with Gasteiger partial charge in [-0.25, -0.2) is 0 Å². The predicted octanol–water partition coefficient (Wildman–Crippen LogP) is 3.23. The molecule has 0 saturated carbocycles. The zero-order valence-corrected chi connectivity index (χ0v) is 12.8. The van der Waals surface area contributed by atoms with Crippen LogP contribution in [0.5, 0.6) is 0 Å². The lowest BCUT2D eigenvalue weighted by Gasteiger charge is -2.49. The molecule has 1 rings (SSSR count). The highest BCUT2D eigenvalue weighted by Crippen LogP contribution is 2.45. The molecule has 0 spiro atoms. The van der Waals surface area contributed by atoms with Gasteiger partial charge in [-0.15, -0.1) is 0 Å². The summed E-state index contributed by atoms with van der Waals surface area (Å²) in [4.78, 5) is 0. The Morgan fingerprint density at radius 3 is 1.69 bits per heavy atom. The van der Waals surface area contributed by atoms with Crippen molar-refractivity contribution in [3.8, 4) is 0 Å². The van der Waals surface area contributed by atoms with Crippen molar-refractivity contribution in [2.24, 2.45) is 0 Å². The van der Waals surface area contributed by atoms with E-state index >= 15 is 0 Å². The Kier molecular flexibility index (Phi) is 4.61. The third-order valence-corrected chi connectivity index (χ3v) is 11.5. The van der Waals surface area contributed by atoms with Gasteiger partial charge in [0.2, 0.25) is 0 Å². The van der Waals surface area contributed by atoms with Crippen LogP contribution in [0.1, 0.15) is 48.0 Å². The lowest BCUT2D eigenvalue weighted by molar-refractivity contribution is 0.187. The van der Waals surface area contributed by atoms with Gasteiger partial charge in [0.1, 0.15) is 8.24 Å². The van der Waals surface area contributed by atoms with E-state index in [1.54, 1.807) is 0 Å². The van der Waals surface area contributed by atoms with Gasteiger partial charge >= 0.3 is 0 Å². The van der Waals surface area contributed by atoms with E-state index in [0.717, 1.165) is 36.1 Å². The summed E-state index contributed by atoms with van der Waals surface area (Å²) in [5.41, 5.74) is 2.29. The Balaban J connectivity index is 3.02. The zero-order chi connectivity index (χ0) is 12.5. The van der Waals surface area contributed by atoms with Crippen LogP contribution in [-0.2, 0) is 0 Å². The first-order chi connectivity index (χ1) is 7.33. The number of aliphatic hydroxyl groups excluding tert-OH is 1. The van der Waals surface area contributed by atoms with E-state index in [1.807, 2.05) is 0 Å². The summed E-state index contributed by atoms with van der Waals surface area (Å²) in [6, 6.07) is 0. The van der Waals surface area contributed by atoms with Crippen molar-refractivity contribution in [2.45, 2.75) is 70.7 Å². The van der Waals surface area contributed by atoms with E-state index in [0.29, 0.717) is 0 Å². The van der Waals surface area contributed by atoms with Gasteiger partial charge in [0.05, 0.1) is 6.10 Å². The fraction of sp³-hybridized carbons (Fsp3) is 1.00. The summed E-state index contributed by atoms with van der Waals surface area (Å²) < 4.78 is 2.68. The Bertz CT molecular complexity index is 206. The smallest absolute Gasteiger partial charge is 0.136 e. The highest BCUT2D eigenvalue weighted by atomic mass is 28.3. The molecule has 1 aliphatic rings. The van der Waals surface area contributed by atoms with Crippen molar-refractivity contribution < 1.29 is 5.11 Å². The molecule has 1 saturated heterocycles. The van der Waals surface area contributed by atoms with Crippen molar-refractivity contribution >= 4 is 8.24 Å². The minimum absolute atomic E-state index is 0.0804. The van der Waals surface area contributed by atoms with Crippen LogP contribution >= 0.6 is 0 Å². The SMILES string of the molecule is CC(C)[Si](C(C)C)(C(C)C)N1CC[C@@H](O)C1. The molecule has 2 nitrogen and oxygen atoms in total. The quantitative estimate of drug-likeness (QED) is 0.766. The van der Waals surface area contributed by atoms with Crippen LogP contribution in [0, 0.1) is 0 Å². The molecule has 0 unspecified atom stereocenters. The second-order valence-corrected chi connectivity index (χ2v) is 12.1. The van der Waals surface area contributed by atoms with Gasteiger partial charge in [-0.1, -0.05) is 41.5 Å². The third-order valence-electron chi connectivity index (χ3n) is 4.49. The van der Waals surface area contributed by atoms with Crippen LogP contribution in [0.15, 0.2) is 0 Å². The maximum atomic E-state index is 9.79. The standard InChI is InChI=1S/C13H29NOSi/c1-10(2)16(11(3)4,12(5)6)14-8-7-13(15)9-14/h10-13,15H,7-9H2,1-6H3/t13-/m1/s1. The molecule has 1 heterocycles. The normalized spacial score (nSPS) is 24.0. The summed E-state index contributed by atoms with van der Waals surface area (Å²) in [6.45, 7) is 16.3. The molecule has 0 aromatic carbocycles. The number of β-amino-alcohol motifs (C(OH)–C–C–N with tert-alkyl or cyclic N) is 1. The zero-order valence-electron chi connectivity index (χ0n) is 11.8. The molecule has 1 atom stereocenters. The summed E-state index contributed by atoms with van der Waals surface area (Å²) in [7, 11) is -1.46. The molecule has 1 fully saturated rings. The van der Waals surface area contributed by atoms with Gasteiger partial charge in [-0.05, 0) is 29.6 Å². The lowest BCUT2D eigenvalue weighted by Crippen LogP contribution is -2.59. The average molecular weight is 243 g/mol. The second kappa shape index (κ2) is 5.19. The van der Waals surface area contributed by atoms with Gasteiger partial charge in [-0.2, -0.15) is 0 Å². The van der Waals surface area contributed by atoms with Crippen molar-refractivity contribution in [1.29, 1.82) is 0 Å². The first-order valence-corrected chi connectivity index (χ1v) is 8.94. The summed E-state index contributed by atoms with van der Waals surface area (Å²) in [5.74, 6) is 0. The number of rotatable bonds is 4. The third kappa shape index (κ3) is 2.22. The Morgan fingerprint density at radius 2 is 1.44 bits per heavy atom. The number of hydrogen-bond acceptors (Lipinski definition) is 2. The molecule has 0 aliphatic carbocycles. The van der Waals surface area contributed by atoms with E-state index in [2.05, 4.69) is 46.1 Å². The van der Waals surface area contributed by atoms with Crippen molar-refractivity contribution in [3.63, 3.8) is 0 Å². The molecule has 1 aliphatic heterocycles. The number of nitrogens with zero attached hydrogens (tertiary/aromatic N) is 1. The maximum Gasteiger partial charge on any atom is 0.136 e. The van der Waals surface area contributed by atoms with Gasteiger partial charge < -0.3 is 9.67 Å². The molecule has 0 amide bonds. The first-order valence-electron chi connectivity index (χ1n) is 6.76. The maximum absolute atomic E-state index is 9.79. The Labute approximate surface area is 102 Å². The van der Waals surface area contributed by atoms with Crippen LogP contribution in [0.25, 0.3) is 0 Å². The lowest BCUT2D eigenvalue weighted by atomic mass is 10.3. The largest absolute Gasteiger partial charge is 0.392 e. The number of aliphatic hydroxyl groups is 1. The second-order valence-electron chi connectivity index (χ2n) is 6.24. The molecule has 0 aromatic rings. The minimum atomic E-state index is -1.46. The van der Waals surface area contributed by atoms with Gasteiger partial charge in [-0.3, -0.25) is 0 Å². The first kappa shape index (κ1) is 14.2. The molecular weight excluding hydrogens is 214 g/mol. The topological polar surface area (TPSA) is 23.5 Å². The average Bonchev–Trinajstić information content (AvgIpc) is 2.50. The molecule has 96 valence electrons. The highest BCUT2D eigenvalue weighted by Gasteiger charge is 2.49. The molecular formula is C13H29NOSi. The van der Waals surface area contributed by atoms with Crippen molar-refractivity contribution in [3.05, 3.63) is 0 Å². The Morgan fingerprint density at radius 1 is 1.00 bits per heavy atom. The number of hydrogen-bond donors (Lipinski definition) is 1. The molecule has 3 heteroatoms. The fourth-order valence-electron chi connectivity index (χ4n) is 4.19. The summed E-state index contributed by atoms with van der Waals surface area (Å²) >= 11 is 0. The van der Waals surface area contributed by atoms with Gasteiger partial charge in [0.25, 0.3) is 0 Å². The Hall–Kier alpha value is 0.137. The van der Waals surface area contributed by atoms with E-state index in [-0.39, 0.29) is 6.10 Å². The van der Waals surface area contributed by atoms with E-state index in [4.69, 9.17) is 0 Å². The van der Waals surface area contributed by atoms with Crippen LogP contribution in [-0.4, -0.2) is 37.1 Å². The molecule has 16 heavy (non-hydrogen) atoms. The van der Waals surface area contributed by atoms with Crippen LogP contribution in [0.2, 0.25) is 16.6 Å². The molecule has 1 N–H and O–H groups in total. The molecule has 0 radical (unpaired) electrons. The molecule has 0 aromatic heterocycles. The van der Waals surface area contributed by atoms with Crippen molar-refractivity contribution in [1.82, 2.24) is 4.57 Å². The van der Waals surface area contributed by atoms with Crippen LogP contribution in [0.4, 0.5) is 0 Å². The summed E-state index contributed by atoms with van der Waals surface area (Å²) in [6.07, 6.45) is 0.893. The predicted molar refractivity (Wildman–Crippen MR) is 73.2 cm³/mol. The fourth-order valence-corrected chi connectivity index (χ4v) is 11.4. The van der Waals surface area contributed by atoms with E-state index in [9.17, 15) is 5.11 Å². The summed E-state index contributed by atoms with van der Waals surface area (Å²) in [5, 5.41) is 9.79.